The van der Waals surface area contributed by atoms with Crippen LogP contribution in [0, 0.1) is 6.92 Å². The number of aromatic nitrogens is 1. The third-order valence-corrected chi connectivity index (χ3v) is 4.59. The standard InChI is InChI=1S/C18H18BrN3O3/c1-11-9-12(3-4-14(11)19)21-17-13-5-7-25-16(13)10-15(22-17)18(23)20-6-8-24-2/h3-5,7,9-10H,6,8H2,1-2H3,(H,20,23)(H,21,22). The summed E-state index contributed by atoms with van der Waals surface area (Å²) in [6.45, 7) is 2.87. The zero-order valence-electron chi connectivity index (χ0n) is 13.9. The maximum atomic E-state index is 12.3. The average Bonchev–Trinajstić information content (AvgIpc) is 3.07. The number of aryl methyl sites for hydroxylation is 1. The lowest BCUT2D eigenvalue weighted by Crippen LogP contribution is -2.27. The number of benzene rings is 1. The highest BCUT2D eigenvalue weighted by atomic mass is 79.9. The number of rotatable bonds is 6. The minimum Gasteiger partial charge on any atom is -0.464 e. The number of amides is 1. The van der Waals surface area contributed by atoms with Crippen LogP contribution < -0.4 is 10.6 Å². The quantitative estimate of drug-likeness (QED) is 0.607. The van der Waals surface area contributed by atoms with E-state index in [2.05, 4.69) is 31.5 Å². The highest BCUT2D eigenvalue weighted by Crippen LogP contribution is 2.28. The summed E-state index contributed by atoms with van der Waals surface area (Å²) in [7, 11) is 1.58. The summed E-state index contributed by atoms with van der Waals surface area (Å²) in [5, 5.41) is 6.84. The molecule has 0 saturated carbocycles. The van der Waals surface area contributed by atoms with Crippen molar-refractivity contribution in [1.29, 1.82) is 0 Å². The van der Waals surface area contributed by atoms with Gasteiger partial charge >= 0.3 is 0 Å². The van der Waals surface area contributed by atoms with Crippen LogP contribution in [0.1, 0.15) is 16.1 Å². The van der Waals surface area contributed by atoms with E-state index < -0.39 is 0 Å². The lowest BCUT2D eigenvalue weighted by Gasteiger charge is -2.10. The molecular formula is C18H18BrN3O3. The van der Waals surface area contributed by atoms with E-state index in [1.54, 1.807) is 19.4 Å². The Kier molecular flexibility index (Phi) is 5.35. The van der Waals surface area contributed by atoms with Gasteiger partial charge in [-0.15, -0.1) is 0 Å². The maximum Gasteiger partial charge on any atom is 0.270 e. The number of furan rings is 1. The second-order valence-electron chi connectivity index (χ2n) is 5.53. The molecule has 2 heterocycles. The molecule has 1 aromatic carbocycles. The molecule has 1 amide bonds. The third-order valence-electron chi connectivity index (χ3n) is 3.70. The Bertz CT molecular complexity index is 908. The molecule has 0 aliphatic heterocycles. The molecule has 7 heteroatoms. The van der Waals surface area contributed by atoms with Gasteiger partial charge in [-0.05, 0) is 36.8 Å². The van der Waals surface area contributed by atoms with Crippen LogP contribution in [0.4, 0.5) is 11.5 Å². The number of anilines is 2. The van der Waals surface area contributed by atoms with Gasteiger partial charge in [-0.25, -0.2) is 4.98 Å². The SMILES string of the molecule is COCCNC(=O)c1cc2occc2c(Nc2ccc(Br)c(C)c2)n1. The fourth-order valence-corrected chi connectivity index (χ4v) is 2.64. The zero-order valence-corrected chi connectivity index (χ0v) is 15.5. The van der Waals surface area contributed by atoms with Crippen LogP contribution in [0.3, 0.4) is 0 Å². The van der Waals surface area contributed by atoms with E-state index in [0.717, 1.165) is 21.1 Å². The van der Waals surface area contributed by atoms with E-state index in [1.165, 1.54) is 0 Å². The van der Waals surface area contributed by atoms with Gasteiger partial charge in [-0.1, -0.05) is 15.9 Å². The monoisotopic (exact) mass is 403 g/mol. The number of hydrogen-bond acceptors (Lipinski definition) is 5. The van der Waals surface area contributed by atoms with Crippen molar-refractivity contribution in [3.63, 3.8) is 0 Å². The van der Waals surface area contributed by atoms with Crippen molar-refractivity contribution >= 4 is 44.3 Å². The van der Waals surface area contributed by atoms with Crippen LogP contribution in [-0.4, -0.2) is 31.2 Å². The van der Waals surface area contributed by atoms with Crippen molar-refractivity contribution in [1.82, 2.24) is 10.3 Å². The molecule has 0 aliphatic rings. The Hall–Kier alpha value is -2.38. The van der Waals surface area contributed by atoms with Gasteiger partial charge in [0.25, 0.3) is 5.91 Å². The van der Waals surface area contributed by atoms with Gasteiger partial charge in [0.05, 0.1) is 18.3 Å². The summed E-state index contributed by atoms with van der Waals surface area (Å²) in [4.78, 5) is 16.7. The third kappa shape index (κ3) is 4.00. The Morgan fingerprint density at radius 1 is 1.32 bits per heavy atom. The van der Waals surface area contributed by atoms with Gasteiger partial charge in [0.15, 0.2) is 0 Å². The van der Waals surface area contributed by atoms with Crippen molar-refractivity contribution in [3.05, 3.63) is 52.3 Å². The number of hydrogen-bond donors (Lipinski definition) is 2. The molecule has 2 N–H and O–H groups in total. The summed E-state index contributed by atoms with van der Waals surface area (Å²) >= 11 is 3.49. The molecule has 130 valence electrons. The molecule has 3 rings (SSSR count). The molecule has 25 heavy (non-hydrogen) atoms. The van der Waals surface area contributed by atoms with E-state index in [0.29, 0.717) is 24.6 Å². The first-order valence-corrected chi connectivity index (χ1v) is 8.56. The van der Waals surface area contributed by atoms with Crippen LogP contribution in [-0.2, 0) is 4.74 Å². The Labute approximate surface area is 153 Å². The molecular weight excluding hydrogens is 386 g/mol. The summed E-state index contributed by atoms with van der Waals surface area (Å²) in [6.07, 6.45) is 1.58. The van der Waals surface area contributed by atoms with Crippen molar-refractivity contribution < 1.29 is 13.9 Å². The lowest BCUT2D eigenvalue weighted by atomic mass is 10.2. The number of nitrogens with one attached hydrogen (secondary N) is 2. The molecule has 0 atom stereocenters. The van der Waals surface area contributed by atoms with Crippen molar-refractivity contribution in [2.45, 2.75) is 6.92 Å². The topological polar surface area (TPSA) is 76.4 Å². The van der Waals surface area contributed by atoms with Gasteiger partial charge in [-0.3, -0.25) is 4.79 Å². The van der Waals surface area contributed by atoms with Crippen LogP contribution in [0.2, 0.25) is 0 Å². The van der Waals surface area contributed by atoms with Crippen LogP contribution in [0.5, 0.6) is 0 Å². The molecule has 0 unspecified atom stereocenters. The molecule has 0 bridgehead atoms. The first-order chi connectivity index (χ1) is 12.1. The van der Waals surface area contributed by atoms with Gasteiger partial charge in [-0.2, -0.15) is 0 Å². The fourth-order valence-electron chi connectivity index (χ4n) is 2.39. The number of carbonyl (C=O) groups excluding carboxylic acids is 1. The van der Waals surface area contributed by atoms with Gasteiger partial charge in [0.2, 0.25) is 0 Å². The molecule has 2 aromatic heterocycles. The van der Waals surface area contributed by atoms with Crippen LogP contribution >= 0.6 is 15.9 Å². The average molecular weight is 404 g/mol. The summed E-state index contributed by atoms with van der Waals surface area (Å²) < 4.78 is 11.4. The van der Waals surface area contributed by atoms with Crippen molar-refractivity contribution in [3.8, 4) is 0 Å². The Morgan fingerprint density at radius 2 is 2.16 bits per heavy atom. The molecule has 0 spiro atoms. The molecule has 0 radical (unpaired) electrons. The highest BCUT2D eigenvalue weighted by molar-refractivity contribution is 9.10. The van der Waals surface area contributed by atoms with Gasteiger partial charge < -0.3 is 19.8 Å². The smallest absolute Gasteiger partial charge is 0.270 e. The van der Waals surface area contributed by atoms with Crippen molar-refractivity contribution in [2.75, 3.05) is 25.6 Å². The minimum absolute atomic E-state index is 0.273. The number of halogens is 1. The number of methoxy groups -OCH3 is 1. The van der Waals surface area contributed by atoms with E-state index in [9.17, 15) is 4.79 Å². The molecule has 0 aliphatic carbocycles. The predicted molar refractivity (Wildman–Crippen MR) is 100 cm³/mol. The Morgan fingerprint density at radius 3 is 2.92 bits per heavy atom. The first kappa shape index (κ1) is 17.4. The normalized spacial score (nSPS) is 10.8. The summed E-state index contributed by atoms with van der Waals surface area (Å²) in [6, 6.07) is 9.36. The van der Waals surface area contributed by atoms with E-state index >= 15 is 0 Å². The Balaban J connectivity index is 1.92. The first-order valence-electron chi connectivity index (χ1n) is 7.77. The highest BCUT2D eigenvalue weighted by Gasteiger charge is 2.14. The number of ether oxygens (including phenoxy) is 1. The maximum absolute atomic E-state index is 12.3. The second-order valence-corrected chi connectivity index (χ2v) is 6.38. The van der Waals surface area contributed by atoms with E-state index in [4.69, 9.17) is 9.15 Å². The van der Waals surface area contributed by atoms with Crippen molar-refractivity contribution in [2.24, 2.45) is 0 Å². The predicted octanol–water partition coefficient (Wildman–Crippen LogP) is 4.02. The summed E-state index contributed by atoms with van der Waals surface area (Å²) in [5.74, 6) is 0.301. The van der Waals surface area contributed by atoms with E-state index in [-0.39, 0.29) is 11.6 Å². The molecule has 0 fully saturated rings. The van der Waals surface area contributed by atoms with Crippen LogP contribution in [0.15, 0.2) is 45.5 Å². The molecule has 0 saturated heterocycles. The minimum atomic E-state index is -0.273. The lowest BCUT2D eigenvalue weighted by molar-refractivity contribution is 0.0932. The number of nitrogens with zero attached hydrogens (tertiary/aromatic N) is 1. The molecule has 6 nitrogen and oxygen atoms in total. The van der Waals surface area contributed by atoms with Gasteiger partial charge in [0, 0.05) is 29.9 Å². The summed E-state index contributed by atoms with van der Waals surface area (Å²) in [5.41, 5.74) is 2.87. The fraction of sp³-hybridized carbons (Fsp3) is 0.222. The van der Waals surface area contributed by atoms with Gasteiger partial charge in [0.1, 0.15) is 17.1 Å². The van der Waals surface area contributed by atoms with Crippen LogP contribution in [0.25, 0.3) is 11.0 Å². The number of fused-ring (bicyclic) bond motifs is 1. The second kappa shape index (κ2) is 7.67. The number of pyridine rings is 1. The number of carbonyl (C=O) groups is 1. The largest absolute Gasteiger partial charge is 0.464 e. The van der Waals surface area contributed by atoms with E-state index in [1.807, 2.05) is 31.2 Å². The zero-order chi connectivity index (χ0) is 17.8. The molecule has 3 aromatic rings.